The molecule has 6 nitrogen and oxygen atoms in total. The third kappa shape index (κ3) is 3.29. The first-order chi connectivity index (χ1) is 10.1. The smallest absolute Gasteiger partial charge is 0.122 e. The van der Waals surface area contributed by atoms with Gasteiger partial charge in [0.15, 0.2) is 0 Å². The molecule has 6 heteroatoms. The molecule has 0 saturated carbocycles. The summed E-state index contributed by atoms with van der Waals surface area (Å²) in [7, 11) is 3.24. The van der Waals surface area contributed by atoms with E-state index in [1.165, 1.54) is 0 Å². The SMILES string of the molecule is COc1cc(OC)cc(C(NN)c2cc(C)nnc2C)c1. The van der Waals surface area contributed by atoms with Gasteiger partial charge in [-0.1, -0.05) is 0 Å². The zero-order valence-corrected chi connectivity index (χ0v) is 12.7. The maximum absolute atomic E-state index is 5.76. The largest absolute Gasteiger partial charge is 0.497 e. The van der Waals surface area contributed by atoms with Gasteiger partial charge in [0.2, 0.25) is 0 Å². The molecule has 0 aliphatic heterocycles. The number of hydrogen-bond acceptors (Lipinski definition) is 6. The Morgan fingerprint density at radius 3 is 2.14 bits per heavy atom. The predicted molar refractivity (Wildman–Crippen MR) is 80.2 cm³/mol. The normalized spacial score (nSPS) is 12.0. The Hall–Kier alpha value is -2.18. The molecule has 0 spiro atoms. The minimum absolute atomic E-state index is 0.219. The van der Waals surface area contributed by atoms with E-state index in [2.05, 4.69) is 15.6 Å². The monoisotopic (exact) mass is 288 g/mol. The van der Waals surface area contributed by atoms with Crippen LogP contribution in [0.3, 0.4) is 0 Å². The minimum atomic E-state index is -0.219. The number of benzene rings is 1. The lowest BCUT2D eigenvalue weighted by molar-refractivity contribution is 0.392. The molecule has 0 bridgehead atoms. The predicted octanol–water partition coefficient (Wildman–Crippen LogP) is 1.66. The highest BCUT2D eigenvalue weighted by molar-refractivity contribution is 5.43. The molecular formula is C15H20N4O2. The summed E-state index contributed by atoms with van der Waals surface area (Å²) in [5, 5.41) is 8.20. The van der Waals surface area contributed by atoms with Crippen molar-refractivity contribution in [2.24, 2.45) is 5.84 Å². The second-order valence-electron chi connectivity index (χ2n) is 4.77. The van der Waals surface area contributed by atoms with Gasteiger partial charge in [-0.15, -0.1) is 0 Å². The number of nitrogens with two attached hydrogens (primary N) is 1. The molecule has 0 fully saturated rings. The Labute approximate surface area is 124 Å². The van der Waals surface area contributed by atoms with Crippen LogP contribution in [0.1, 0.15) is 28.6 Å². The quantitative estimate of drug-likeness (QED) is 0.643. The zero-order valence-electron chi connectivity index (χ0n) is 12.7. The van der Waals surface area contributed by atoms with Crippen LogP contribution < -0.4 is 20.7 Å². The number of aryl methyl sites for hydroxylation is 2. The van der Waals surface area contributed by atoms with E-state index in [-0.39, 0.29) is 6.04 Å². The molecule has 2 rings (SSSR count). The first kappa shape index (κ1) is 15.2. The lowest BCUT2D eigenvalue weighted by atomic mass is 9.97. The summed E-state index contributed by atoms with van der Waals surface area (Å²) in [6, 6.07) is 7.41. The minimum Gasteiger partial charge on any atom is -0.497 e. The summed E-state index contributed by atoms with van der Waals surface area (Å²) in [5.74, 6) is 7.18. The Kier molecular flexibility index (Phi) is 4.72. The molecule has 0 aliphatic rings. The Bertz CT molecular complexity index is 609. The van der Waals surface area contributed by atoms with E-state index in [1.54, 1.807) is 14.2 Å². The molecule has 1 aromatic carbocycles. The number of hydrogen-bond donors (Lipinski definition) is 2. The number of aromatic nitrogens is 2. The van der Waals surface area contributed by atoms with Crippen LogP contribution in [-0.4, -0.2) is 24.4 Å². The van der Waals surface area contributed by atoms with E-state index in [0.29, 0.717) is 11.5 Å². The van der Waals surface area contributed by atoms with Crippen molar-refractivity contribution in [2.45, 2.75) is 19.9 Å². The lowest BCUT2D eigenvalue weighted by Crippen LogP contribution is -2.29. The fraction of sp³-hybridized carbons (Fsp3) is 0.333. The van der Waals surface area contributed by atoms with Crippen LogP contribution in [0.4, 0.5) is 0 Å². The number of nitrogens with zero attached hydrogens (tertiary/aromatic N) is 2. The van der Waals surface area contributed by atoms with Gasteiger partial charge in [0.05, 0.1) is 31.6 Å². The first-order valence-electron chi connectivity index (χ1n) is 6.59. The van der Waals surface area contributed by atoms with Gasteiger partial charge in [-0.2, -0.15) is 10.2 Å². The van der Waals surface area contributed by atoms with E-state index in [4.69, 9.17) is 15.3 Å². The van der Waals surface area contributed by atoms with Gasteiger partial charge < -0.3 is 9.47 Å². The molecule has 21 heavy (non-hydrogen) atoms. The van der Waals surface area contributed by atoms with Crippen LogP contribution in [0.25, 0.3) is 0 Å². The Morgan fingerprint density at radius 1 is 1.00 bits per heavy atom. The van der Waals surface area contributed by atoms with Crippen LogP contribution >= 0.6 is 0 Å². The van der Waals surface area contributed by atoms with Crippen molar-refractivity contribution >= 4 is 0 Å². The molecule has 1 atom stereocenters. The van der Waals surface area contributed by atoms with Crippen molar-refractivity contribution in [3.05, 3.63) is 46.8 Å². The number of methoxy groups -OCH3 is 2. The molecule has 1 heterocycles. The maximum atomic E-state index is 5.76. The van der Waals surface area contributed by atoms with Crippen molar-refractivity contribution in [2.75, 3.05) is 14.2 Å². The van der Waals surface area contributed by atoms with Gasteiger partial charge in [-0.25, -0.2) is 5.43 Å². The molecule has 0 aliphatic carbocycles. The second-order valence-corrected chi connectivity index (χ2v) is 4.77. The summed E-state index contributed by atoms with van der Waals surface area (Å²) in [6.45, 7) is 3.80. The van der Waals surface area contributed by atoms with Crippen molar-refractivity contribution in [3.63, 3.8) is 0 Å². The third-order valence-electron chi connectivity index (χ3n) is 3.32. The van der Waals surface area contributed by atoms with Crippen LogP contribution in [-0.2, 0) is 0 Å². The van der Waals surface area contributed by atoms with Crippen LogP contribution in [0.5, 0.6) is 11.5 Å². The van der Waals surface area contributed by atoms with E-state index >= 15 is 0 Å². The van der Waals surface area contributed by atoms with Crippen molar-refractivity contribution in [3.8, 4) is 11.5 Å². The Balaban J connectivity index is 2.52. The van der Waals surface area contributed by atoms with E-state index in [0.717, 1.165) is 22.5 Å². The van der Waals surface area contributed by atoms with Gasteiger partial charge in [-0.3, -0.25) is 5.84 Å². The number of rotatable bonds is 5. The average molecular weight is 288 g/mol. The van der Waals surface area contributed by atoms with E-state index in [9.17, 15) is 0 Å². The van der Waals surface area contributed by atoms with Crippen molar-refractivity contribution in [1.29, 1.82) is 0 Å². The third-order valence-corrected chi connectivity index (χ3v) is 3.32. The molecule has 2 aromatic rings. The van der Waals surface area contributed by atoms with E-state index < -0.39 is 0 Å². The number of nitrogens with one attached hydrogen (secondary N) is 1. The standard InChI is InChI=1S/C15H20N4O2/c1-9-5-14(10(2)19-18-9)15(17-16)11-6-12(20-3)8-13(7-11)21-4/h5-8,15,17H,16H2,1-4H3. The molecule has 1 aromatic heterocycles. The summed E-state index contributed by atoms with van der Waals surface area (Å²) < 4.78 is 10.6. The topological polar surface area (TPSA) is 82.3 Å². The van der Waals surface area contributed by atoms with Crippen LogP contribution in [0, 0.1) is 13.8 Å². The zero-order chi connectivity index (χ0) is 15.4. The highest BCUT2D eigenvalue weighted by Gasteiger charge is 2.18. The molecule has 112 valence electrons. The summed E-state index contributed by atoms with van der Waals surface area (Å²) in [5.41, 5.74) is 6.40. The summed E-state index contributed by atoms with van der Waals surface area (Å²) in [4.78, 5) is 0. The molecule has 0 amide bonds. The maximum Gasteiger partial charge on any atom is 0.122 e. The average Bonchev–Trinajstić information content (AvgIpc) is 2.51. The van der Waals surface area contributed by atoms with Gasteiger partial charge in [-0.05, 0) is 43.2 Å². The van der Waals surface area contributed by atoms with Crippen molar-refractivity contribution in [1.82, 2.24) is 15.6 Å². The highest BCUT2D eigenvalue weighted by atomic mass is 16.5. The molecule has 3 N–H and O–H groups in total. The van der Waals surface area contributed by atoms with Gasteiger partial charge in [0.1, 0.15) is 11.5 Å². The fourth-order valence-corrected chi connectivity index (χ4v) is 2.22. The van der Waals surface area contributed by atoms with Gasteiger partial charge in [0.25, 0.3) is 0 Å². The van der Waals surface area contributed by atoms with Gasteiger partial charge in [0, 0.05) is 6.07 Å². The number of hydrazine groups is 1. The Morgan fingerprint density at radius 2 is 1.62 bits per heavy atom. The molecule has 0 saturated heterocycles. The van der Waals surface area contributed by atoms with Gasteiger partial charge >= 0.3 is 0 Å². The fourth-order valence-electron chi connectivity index (χ4n) is 2.22. The summed E-state index contributed by atoms with van der Waals surface area (Å²) in [6.07, 6.45) is 0. The summed E-state index contributed by atoms with van der Waals surface area (Å²) >= 11 is 0. The molecular weight excluding hydrogens is 268 g/mol. The number of ether oxygens (including phenoxy) is 2. The first-order valence-corrected chi connectivity index (χ1v) is 6.59. The van der Waals surface area contributed by atoms with E-state index in [1.807, 2.05) is 38.1 Å². The second kappa shape index (κ2) is 6.51. The van der Waals surface area contributed by atoms with Crippen molar-refractivity contribution < 1.29 is 9.47 Å². The van der Waals surface area contributed by atoms with Crippen LogP contribution in [0.15, 0.2) is 24.3 Å². The van der Waals surface area contributed by atoms with Crippen LogP contribution in [0.2, 0.25) is 0 Å². The molecule has 0 radical (unpaired) electrons. The lowest BCUT2D eigenvalue weighted by Gasteiger charge is -2.20. The molecule has 1 unspecified atom stereocenters. The highest BCUT2D eigenvalue weighted by Crippen LogP contribution is 2.30.